The molecule has 3 nitrogen and oxygen atoms in total. The zero-order valence-corrected chi connectivity index (χ0v) is 9.65. The molecule has 4 heteroatoms. The van der Waals surface area contributed by atoms with Crippen LogP contribution in [0.4, 0.5) is 10.2 Å². The van der Waals surface area contributed by atoms with Gasteiger partial charge in [0.05, 0.1) is 5.52 Å². The second-order valence-electron chi connectivity index (χ2n) is 4.54. The lowest BCUT2D eigenvalue weighted by atomic mass is 10.2. The van der Waals surface area contributed by atoms with Crippen molar-refractivity contribution < 1.29 is 4.39 Å². The number of hydrogen-bond acceptors (Lipinski definition) is 3. The average molecular weight is 231 g/mol. The molecule has 0 amide bonds. The summed E-state index contributed by atoms with van der Waals surface area (Å²) in [4.78, 5) is 8.34. The molecule has 1 aromatic carbocycles. The lowest BCUT2D eigenvalue weighted by molar-refractivity contribution is 0.629. The van der Waals surface area contributed by atoms with Crippen molar-refractivity contribution in [2.24, 2.45) is 5.92 Å². The summed E-state index contributed by atoms with van der Waals surface area (Å²) in [6.07, 6.45) is 3.87. The Morgan fingerprint density at radius 3 is 3.06 bits per heavy atom. The number of benzene rings is 1. The Morgan fingerprint density at radius 2 is 2.29 bits per heavy atom. The number of nitrogens with one attached hydrogen (secondary N) is 1. The molecule has 1 aromatic heterocycles. The highest BCUT2D eigenvalue weighted by Gasteiger charge is 2.35. The molecule has 2 atom stereocenters. The van der Waals surface area contributed by atoms with E-state index in [0.29, 0.717) is 6.04 Å². The summed E-state index contributed by atoms with van der Waals surface area (Å²) >= 11 is 0. The fourth-order valence-electron chi connectivity index (χ4n) is 2.20. The maximum Gasteiger partial charge on any atom is 0.137 e. The van der Waals surface area contributed by atoms with Crippen LogP contribution in [0.2, 0.25) is 0 Å². The van der Waals surface area contributed by atoms with Crippen molar-refractivity contribution >= 4 is 16.7 Å². The van der Waals surface area contributed by atoms with Gasteiger partial charge in [0.15, 0.2) is 0 Å². The lowest BCUT2D eigenvalue weighted by Crippen LogP contribution is -2.06. The lowest BCUT2D eigenvalue weighted by Gasteiger charge is -2.07. The monoisotopic (exact) mass is 231 g/mol. The van der Waals surface area contributed by atoms with E-state index in [1.54, 1.807) is 6.07 Å². The summed E-state index contributed by atoms with van der Waals surface area (Å²) in [5, 5.41) is 4.13. The number of fused-ring (bicyclic) bond motifs is 1. The molecule has 1 aliphatic carbocycles. The van der Waals surface area contributed by atoms with Gasteiger partial charge in [0.2, 0.25) is 0 Å². The van der Waals surface area contributed by atoms with Crippen LogP contribution in [0.1, 0.15) is 19.8 Å². The molecule has 0 spiro atoms. The first-order chi connectivity index (χ1) is 8.28. The van der Waals surface area contributed by atoms with E-state index in [0.717, 1.165) is 22.6 Å². The van der Waals surface area contributed by atoms with Crippen molar-refractivity contribution in [3.63, 3.8) is 0 Å². The second-order valence-corrected chi connectivity index (χ2v) is 4.54. The van der Waals surface area contributed by atoms with Gasteiger partial charge in [-0.2, -0.15) is 0 Å². The van der Waals surface area contributed by atoms with E-state index >= 15 is 0 Å². The fraction of sp³-hybridized carbons (Fsp3) is 0.385. The quantitative estimate of drug-likeness (QED) is 0.882. The first-order valence-corrected chi connectivity index (χ1v) is 5.94. The zero-order chi connectivity index (χ0) is 11.8. The molecular weight excluding hydrogens is 217 g/mol. The Balaban J connectivity index is 1.95. The predicted octanol–water partition coefficient (Wildman–Crippen LogP) is 2.98. The molecule has 1 N–H and O–H groups in total. The first kappa shape index (κ1) is 10.4. The van der Waals surface area contributed by atoms with Gasteiger partial charge < -0.3 is 5.32 Å². The number of aromatic nitrogens is 2. The number of anilines is 1. The smallest absolute Gasteiger partial charge is 0.137 e. The molecule has 2 aromatic rings. The van der Waals surface area contributed by atoms with Crippen LogP contribution >= 0.6 is 0 Å². The summed E-state index contributed by atoms with van der Waals surface area (Å²) < 4.78 is 13.2. The van der Waals surface area contributed by atoms with Crippen LogP contribution in [0.3, 0.4) is 0 Å². The Bertz CT molecular complexity index is 555. The minimum atomic E-state index is -0.252. The minimum absolute atomic E-state index is 0.252. The SMILES string of the molecule is CC[C@@H]1C[C@H]1Nc1ncnc2ccc(F)cc12. The molecule has 0 saturated heterocycles. The topological polar surface area (TPSA) is 37.8 Å². The van der Waals surface area contributed by atoms with E-state index in [2.05, 4.69) is 22.2 Å². The molecule has 0 bridgehead atoms. The third-order valence-electron chi connectivity index (χ3n) is 3.37. The van der Waals surface area contributed by atoms with Gasteiger partial charge in [-0.15, -0.1) is 0 Å². The van der Waals surface area contributed by atoms with E-state index in [1.807, 2.05) is 0 Å². The molecule has 1 fully saturated rings. The second kappa shape index (κ2) is 3.95. The predicted molar refractivity (Wildman–Crippen MR) is 65.3 cm³/mol. The normalized spacial score (nSPS) is 22.7. The van der Waals surface area contributed by atoms with Gasteiger partial charge in [-0.05, 0) is 30.5 Å². The van der Waals surface area contributed by atoms with Crippen LogP contribution in [0.5, 0.6) is 0 Å². The van der Waals surface area contributed by atoms with Gasteiger partial charge in [0.25, 0.3) is 0 Å². The summed E-state index contributed by atoms with van der Waals surface area (Å²) in [7, 11) is 0. The molecule has 0 radical (unpaired) electrons. The standard InChI is InChI=1S/C13H14FN3/c1-2-8-5-12(8)17-13-10-6-9(14)3-4-11(10)15-7-16-13/h3-4,6-8,12H,2,5H2,1H3,(H,15,16,17)/t8-,12-/m1/s1. The maximum absolute atomic E-state index is 13.2. The van der Waals surface area contributed by atoms with Crippen LogP contribution in [0.25, 0.3) is 10.9 Å². The molecule has 88 valence electrons. The summed E-state index contributed by atoms with van der Waals surface area (Å²) in [5.74, 6) is 1.22. The van der Waals surface area contributed by atoms with E-state index in [9.17, 15) is 4.39 Å². The average Bonchev–Trinajstić information content (AvgIpc) is 3.08. The van der Waals surface area contributed by atoms with Gasteiger partial charge in [0, 0.05) is 11.4 Å². The molecule has 1 heterocycles. The van der Waals surface area contributed by atoms with Gasteiger partial charge >= 0.3 is 0 Å². The zero-order valence-electron chi connectivity index (χ0n) is 9.65. The molecule has 3 rings (SSSR count). The van der Waals surface area contributed by atoms with Crippen molar-refractivity contribution in [2.45, 2.75) is 25.8 Å². The van der Waals surface area contributed by atoms with Crippen LogP contribution in [-0.4, -0.2) is 16.0 Å². The van der Waals surface area contributed by atoms with Gasteiger partial charge in [-0.3, -0.25) is 0 Å². The Kier molecular flexibility index (Phi) is 2.42. The van der Waals surface area contributed by atoms with Crippen molar-refractivity contribution in [3.05, 3.63) is 30.3 Å². The van der Waals surface area contributed by atoms with Crippen molar-refractivity contribution in [3.8, 4) is 0 Å². The summed E-state index contributed by atoms with van der Waals surface area (Å²) in [6.45, 7) is 2.18. The van der Waals surface area contributed by atoms with Crippen molar-refractivity contribution in [1.29, 1.82) is 0 Å². The molecule has 1 saturated carbocycles. The Morgan fingerprint density at radius 1 is 1.41 bits per heavy atom. The third kappa shape index (κ3) is 1.95. The number of rotatable bonds is 3. The van der Waals surface area contributed by atoms with E-state index < -0.39 is 0 Å². The molecule has 0 aliphatic heterocycles. The van der Waals surface area contributed by atoms with E-state index in [-0.39, 0.29) is 5.82 Å². The van der Waals surface area contributed by atoms with Gasteiger partial charge in [-0.1, -0.05) is 13.3 Å². The number of nitrogens with zero attached hydrogens (tertiary/aromatic N) is 2. The van der Waals surface area contributed by atoms with Gasteiger partial charge in [-0.25, -0.2) is 14.4 Å². The molecule has 0 unspecified atom stereocenters. The first-order valence-electron chi connectivity index (χ1n) is 5.94. The molecule has 17 heavy (non-hydrogen) atoms. The van der Waals surface area contributed by atoms with E-state index in [4.69, 9.17) is 0 Å². The third-order valence-corrected chi connectivity index (χ3v) is 3.37. The van der Waals surface area contributed by atoms with Crippen molar-refractivity contribution in [2.75, 3.05) is 5.32 Å². The molecular formula is C13H14FN3. The van der Waals surface area contributed by atoms with E-state index in [1.165, 1.54) is 31.3 Å². The highest BCUT2D eigenvalue weighted by molar-refractivity contribution is 5.88. The summed E-state index contributed by atoms with van der Waals surface area (Å²) in [5.41, 5.74) is 0.776. The fourth-order valence-corrected chi connectivity index (χ4v) is 2.20. The van der Waals surface area contributed by atoms with Gasteiger partial charge in [0.1, 0.15) is 18.0 Å². The number of hydrogen-bond donors (Lipinski definition) is 1. The van der Waals surface area contributed by atoms with Crippen LogP contribution < -0.4 is 5.32 Å². The van der Waals surface area contributed by atoms with Crippen molar-refractivity contribution in [1.82, 2.24) is 9.97 Å². The Hall–Kier alpha value is -1.71. The minimum Gasteiger partial charge on any atom is -0.366 e. The maximum atomic E-state index is 13.2. The highest BCUT2D eigenvalue weighted by atomic mass is 19.1. The number of halogens is 1. The van der Waals surface area contributed by atoms with Crippen LogP contribution in [0, 0.1) is 11.7 Å². The van der Waals surface area contributed by atoms with Crippen LogP contribution in [-0.2, 0) is 0 Å². The Labute approximate surface area is 99.1 Å². The highest BCUT2D eigenvalue weighted by Crippen LogP contribution is 2.36. The van der Waals surface area contributed by atoms with Crippen LogP contribution in [0.15, 0.2) is 24.5 Å². The summed E-state index contributed by atoms with van der Waals surface area (Å²) in [6, 6.07) is 5.08. The molecule has 1 aliphatic rings. The largest absolute Gasteiger partial charge is 0.366 e.